The van der Waals surface area contributed by atoms with E-state index in [1.54, 1.807) is 7.11 Å². The van der Waals surface area contributed by atoms with Crippen LogP contribution in [-0.4, -0.2) is 35.8 Å². The number of rotatable bonds is 10. The number of anilines is 1. The van der Waals surface area contributed by atoms with Crippen LogP contribution in [0.2, 0.25) is 5.02 Å². The molecule has 0 spiro atoms. The Labute approximate surface area is 208 Å². The van der Waals surface area contributed by atoms with Crippen LogP contribution in [0.5, 0.6) is 0 Å². The van der Waals surface area contributed by atoms with Gasteiger partial charge in [-0.25, -0.2) is 4.79 Å². The van der Waals surface area contributed by atoms with Gasteiger partial charge in [-0.3, -0.25) is 0 Å². The molecular formula is C28H36ClN3O2. The molecule has 0 aliphatic carbocycles. The van der Waals surface area contributed by atoms with E-state index in [0.29, 0.717) is 38.1 Å². The summed E-state index contributed by atoms with van der Waals surface area (Å²) < 4.78 is 7.45. The molecule has 182 valence electrons. The van der Waals surface area contributed by atoms with Gasteiger partial charge >= 0.3 is 6.03 Å². The molecule has 0 radical (unpaired) electrons. The number of carbonyl (C=O) groups is 1. The Morgan fingerprint density at radius 3 is 2.29 bits per heavy atom. The molecule has 3 aromatic rings. The predicted octanol–water partition coefficient (Wildman–Crippen LogP) is 7.12. The first kappa shape index (κ1) is 25.9. The van der Waals surface area contributed by atoms with Gasteiger partial charge in [0.15, 0.2) is 0 Å². The van der Waals surface area contributed by atoms with Gasteiger partial charge in [-0.15, -0.1) is 0 Å². The quantitative estimate of drug-likeness (QED) is 0.335. The zero-order chi connectivity index (χ0) is 24.7. The van der Waals surface area contributed by atoms with Crippen LogP contribution >= 0.6 is 11.6 Å². The highest BCUT2D eigenvalue weighted by molar-refractivity contribution is 6.31. The van der Waals surface area contributed by atoms with E-state index in [1.165, 1.54) is 0 Å². The second-order valence-corrected chi connectivity index (χ2v) is 9.59. The van der Waals surface area contributed by atoms with E-state index in [0.717, 1.165) is 33.1 Å². The Hall–Kier alpha value is -2.76. The summed E-state index contributed by atoms with van der Waals surface area (Å²) in [6.45, 7) is 10.7. The number of aromatic nitrogens is 1. The number of hydrogen-bond donors (Lipinski definition) is 1. The van der Waals surface area contributed by atoms with Crippen molar-refractivity contribution >= 4 is 23.3 Å². The van der Waals surface area contributed by atoms with Crippen molar-refractivity contribution in [1.82, 2.24) is 9.47 Å². The van der Waals surface area contributed by atoms with Crippen molar-refractivity contribution in [3.8, 4) is 0 Å². The molecule has 6 heteroatoms. The van der Waals surface area contributed by atoms with Gasteiger partial charge in [0.1, 0.15) is 0 Å². The summed E-state index contributed by atoms with van der Waals surface area (Å²) in [6.07, 6.45) is 2.02. The first-order valence-electron chi connectivity index (χ1n) is 11.9. The van der Waals surface area contributed by atoms with Crippen molar-refractivity contribution < 1.29 is 9.53 Å². The zero-order valence-electron chi connectivity index (χ0n) is 20.8. The maximum atomic E-state index is 13.5. The van der Waals surface area contributed by atoms with Gasteiger partial charge in [0, 0.05) is 42.8 Å². The van der Waals surface area contributed by atoms with E-state index in [2.05, 4.69) is 55.8 Å². The van der Waals surface area contributed by atoms with Crippen molar-refractivity contribution in [3.05, 3.63) is 88.2 Å². The Bertz CT molecular complexity index is 1060. The molecule has 0 unspecified atom stereocenters. The smallest absolute Gasteiger partial charge is 0.322 e. The van der Waals surface area contributed by atoms with Crippen molar-refractivity contribution in [2.24, 2.45) is 0 Å². The third-order valence-electron chi connectivity index (χ3n) is 6.03. The van der Waals surface area contributed by atoms with E-state index in [-0.39, 0.29) is 6.03 Å². The Morgan fingerprint density at radius 2 is 1.68 bits per heavy atom. The van der Waals surface area contributed by atoms with E-state index >= 15 is 0 Å². The zero-order valence-corrected chi connectivity index (χ0v) is 21.6. The number of benzene rings is 2. The molecule has 1 aromatic heterocycles. The van der Waals surface area contributed by atoms with Gasteiger partial charge in [0.2, 0.25) is 0 Å². The summed E-state index contributed by atoms with van der Waals surface area (Å²) in [4.78, 5) is 15.4. The number of ether oxygens (including phenoxy) is 1. The fraction of sp³-hybridized carbons (Fsp3) is 0.393. The third-order valence-corrected chi connectivity index (χ3v) is 6.40. The lowest BCUT2D eigenvalue weighted by molar-refractivity contribution is 0.151. The minimum atomic E-state index is -0.127. The first-order valence-corrected chi connectivity index (χ1v) is 12.2. The molecule has 1 heterocycles. The molecule has 5 nitrogen and oxygen atoms in total. The van der Waals surface area contributed by atoms with Crippen LogP contribution in [0, 0.1) is 0 Å². The van der Waals surface area contributed by atoms with Crippen LogP contribution in [0.25, 0.3) is 0 Å². The maximum Gasteiger partial charge on any atom is 0.322 e. The number of methoxy groups -OCH3 is 1. The fourth-order valence-corrected chi connectivity index (χ4v) is 4.28. The highest BCUT2D eigenvalue weighted by Gasteiger charge is 2.21. The van der Waals surface area contributed by atoms with Gasteiger partial charge in [0.05, 0.1) is 13.2 Å². The maximum absolute atomic E-state index is 13.5. The molecule has 0 saturated carbocycles. The summed E-state index contributed by atoms with van der Waals surface area (Å²) in [5, 5.41) is 3.98. The average Bonchev–Trinajstić information content (AvgIpc) is 3.24. The minimum Gasteiger partial charge on any atom is -0.383 e. The lowest BCUT2D eigenvalue weighted by atomic mass is 9.93. The van der Waals surface area contributed by atoms with Crippen molar-refractivity contribution in [1.29, 1.82) is 0 Å². The van der Waals surface area contributed by atoms with Crippen LogP contribution < -0.4 is 5.32 Å². The molecule has 1 N–H and O–H groups in total. The Balaban J connectivity index is 1.85. The van der Waals surface area contributed by atoms with Crippen molar-refractivity contribution in [2.75, 3.05) is 25.6 Å². The average molecular weight is 482 g/mol. The van der Waals surface area contributed by atoms with Crippen LogP contribution in [0.15, 0.2) is 60.8 Å². The van der Waals surface area contributed by atoms with E-state index in [9.17, 15) is 4.79 Å². The molecule has 0 saturated heterocycles. The van der Waals surface area contributed by atoms with Crippen molar-refractivity contribution in [2.45, 2.75) is 52.6 Å². The fourth-order valence-electron chi connectivity index (χ4n) is 4.09. The highest BCUT2D eigenvalue weighted by atomic mass is 35.5. The van der Waals surface area contributed by atoms with Gasteiger partial charge in [0.25, 0.3) is 0 Å². The highest BCUT2D eigenvalue weighted by Crippen LogP contribution is 2.32. The molecule has 0 aliphatic heterocycles. The molecule has 2 aromatic carbocycles. The Kier molecular flexibility index (Phi) is 9.20. The molecule has 0 bridgehead atoms. The summed E-state index contributed by atoms with van der Waals surface area (Å²) >= 11 is 6.38. The topological polar surface area (TPSA) is 46.5 Å². The standard InChI is InChI=1S/C28H36ClN3O2/c1-20(2)24-12-8-13-25(21(3)4)27(24)30-28(33)32(16-17-34-5)19-23-11-9-15-31(23)18-22-10-6-7-14-26(22)29/h6-15,20-21H,16-19H2,1-5H3,(H,30,33). The number of nitrogens with zero attached hydrogens (tertiary/aromatic N) is 2. The van der Waals surface area contributed by atoms with Gasteiger partial charge in [-0.1, -0.05) is 75.7 Å². The van der Waals surface area contributed by atoms with Crippen molar-refractivity contribution in [3.63, 3.8) is 0 Å². The predicted molar refractivity (Wildman–Crippen MR) is 141 cm³/mol. The molecule has 0 fully saturated rings. The second-order valence-electron chi connectivity index (χ2n) is 9.18. The SMILES string of the molecule is COCCN(Cc1cccn1Cc1ccccc1Cl)C(=O)Nc1c(C(C)C)cccc1C(C)C. The van der Waals surface area contributed by atoms with E-state index < -0.39 is 0 Å². The number of hydrogen-bond acceptors (Lipinski definition) is 2. The Morgan fingerprint density at radius 1 is 1.00 bits per heavy atom. The second kappa shape index (κ2) is 12.1. The molecular weight excluding hydrogens is 446 g/mol. The normalized spacial score (nSPS) is 11.3. The van der Waals surface area contributed by atoms with E-state index in [1.807, 2.05) is 47.5 Å². The lowest BCUT2D eigenvalue weighted by Crippen LogP contribution is -2.38. The summed E-state index contributed by atoms with van der Waals surface area (Å²) in [5.41, 5.74) is 5.29. The van der Waals surface area contributed by atoms with Gasteiger partial charge < -0.3 is 19.5 Å². The summed E-state index contributed by atoms with van der Waals surface area (Å²) in [7, 11) is 1.65. The van der Waals surface area contributed by atoms with Crippen LogP contribution in [0.4, 0.5) is 10.5 Å². The molecule has 0 aliphatic rings. The van der Waals surface area contributed by atoms with Gasteiger partial charge in [-0.05, 0) is 46.7 Å². The molecule has 34 heavy (non-hydrogen) atoms. The number of urea groups is 1. The molecule has 3 rings (SSSR count). The third kappa shape index (κ3) is 6.43. The van der Waals surface area contributed by atoms with Gasteiger partial charge in [-0.2, -0.15) is 0 Å². The number of nitrogens with one attached hydrogen (secondary N) is 1. The van der Waals surface area contributed by atoms with Crippen LogP contribution in [0.1, 0.15) is 61.9 Å². The minimum absolute atomic E-state index is 0.127. The number of halogens is 1. The number of amides is 2. The monoisotopic (exact) mass is 481 g/mol. The van der Waals surface area contributed by atoms with Crippen LogP contribution in [0.3, 0.4) is 0 Å². The van der Waals surface area contributed by atoms with E-state index in [4.69, 9.17) is 16.3 Å². The number of carbonyl (C=O) groups excluding carboxylic acids is 1. The summed E-state index contributed by atoms with van der Waals surface area (Å²) in [5.74, 6) is 0.601. The largest absolute Gasteiger partial charge is 0.383 e. The van der Waals surface area contributed by atoms with Crippen LogP contribution in [-0.2, 0) is 17.8 Å². The molecule has 2 amide bonds. The molecule has 0 atom stereocenters. The summed E-state index contributed by atoms with van der Waals surface area (Å²) in [6, 6.07) is 18.0. The first-order chi connectivity index (χ1) is 16.3. The number of para-hydroxylation sites is 1. The lowest BCUT2D eigenvalue weighted by Gasteiger charge is -2.26.